The van der Waals surface area contributed by atoms with Crippen molar-refractivity contribution < 1.29 is 9.53 Å². The zero-order valence-electron chi connectivity index (χ0n) is 9.95. The molecule has 2 rings (SSSR count). The van der Waals surface area contributed by atoms with Crippen LogP contribution >= 0.6 is 12.6 Å². The molecule has 92 valence electrons. The van der Waals surface area contributed by atoms with Gasteiger partial charge in [0.15, 0.2) is 0 Å². The van der Waals surface area contributed by atoms with E-state index in [2.05, 4.69) is 12.6 Å². The number of methoxy groups -OCH3 is 1. The highest BCUT2D eigenvalue weighted by Crippen LogP contribution is 2.49. The van der Waals surface area contributed by atoms with E-state index >= 15 is 0 Å². The van der Waals surface area contributed by atoms with Crippen molar-refractivity contribution in [2.75, 3.05) is 26.0 Å². The second-order valence-corrected chi connectivity index (χ2v) is 5.49. The fourth-order valence-corrected chi connectivity index (χ4v) is 2.79. The number of carbonyl (C=O) groups excluding carboxylic acids is 1. The predicted octanol–water partition coefficient (Wildman–Crippen LogP) is 1.72. The molecular weight excluding hydrogens is 222 g/mol. The minimum absolute atomic E-state index is 0.236. The smallest absolute Gasteiger partial charge is 0.223 e. The SMILES string of the molecule is COC1CCCN(C(=O)CC2(CS)CC2)C1. The Morgan fingerprint density at radius 2 is 2.31 bits per heavy atom. The summed E-state index contributed by atoms with van der Waals surface area (Å²) in [6.07, 6.45) is 5.42. The van der Waals surface area contributed by atoms with Gasteiger partial charge < -0.3 is 9.64 Å². The molecule has 0 aromatic carbocycles. The number of amides is 1. The summed E-state index contributed by atoms with van der Waals surface area (Å²) in [6, 6.07) is 0. The van der Waals surface area contributed by atoms with E-state index in [1.807, 2.05) is 4.90 Å². The highest BCUT2D eigenvalue weighted by molar-refractivity contribution is 7.80. The van der Waals surface area contributed by atoms with Gasteiger partial charge in [0.05, 0.1) is 6.10 Å². The van der Waals surface area contributed by atoms with Gasteiger partial charge in [-0.05, 0) is 36.9 Å². The van der Waals surface area contributed by atoms with Crippen LogP contribution in [0.15, 0.2) is 0 Å². The van der Waals surface area contributed by atoms with Crippen LogP contribution in [-0.4, -0.2) is 42.9 Å². The molecule has 3 nitrogen and oxygen atoms in total. The Morgan fingerprint density at radius 1 is 1.56 bits per heavy atom. The van der Waals surface area contributed by atoms with Gasteiger partial charge in [0.1, 0.15) is 0 Å². The molecule has 1 heterocycles. The molecule has 1 aliphatic heterocycles. The highest BCUT2D eigenvalue weighted by Gasteiger charge is 2.44. The van der Waals surface area contributed by atoms with Crippen LogP contribution in [0.4, 0.5) is 0 Å². The first kappa shape index (κ1) is 12.2. The molecule has 0 radical (unpaired) electrons. The number of likely N-dealkylation sites (tertiary alicyclic amines) is 1. The van der Waals surface area contributed by atoms with Gasteiger partial charge >= 0.3 is 0 Å². The molecule has 0 bridgehead atoms. The van der Waals surface area contributed by atoms with Crippen molar-refractivity contribution >= 4 is 18.5 Å². The third-order valence-electron chi connectivity index (χ3n) is 3.88. The molecule has 1 amide bonds. The molecule has 4 heteroatoms. The van der Waals surface area contributed by atoms with Crippen LogP contribution in [0.25, 0.3) is 0 Å². The number of nitrogens with zero attached hydrogens (tertiary/aromatic N) is 1. The fourth-order valence-electron chi connectivity index (χ4n) is 2.36. The Morgan fingerprint density at radius 3 is 2.88 bits per heavy atom. The lowest BCUT2D eigenvalue weighted by atomic mass is 10.0. The third kappa shape index (κ3) is 2.72. The quantitative estimate of drug-likeness (QED) is 0.762. The molecule has 2 aliphatic rings. The maximum atomic E-state index is 12.1. The van der Waals surface area contributed by atoms with E-state index in [0.29, 0.717) is 12.3 Å². The fraction of sp³-hybridized carbons (Fsp3) is 0.917. The van der Waals surface area contributed by atoms with Crippen molar-refractivity contribution in [2.24, 2.45) is 5.41 Å². The van der Waals surface area contributed by atoms with Gasteiger partial charge in [-0.2, -0.15) is 12.6 Å². The van der Waals surface area contributed by atoms with E-state index in [-0.39, 0.29) is 11.5 Å². The highest BCUT2D eigenvalue weighted by atomic mass is 32.1. The van der Waals surface area contributed by atoms with Crippen molar-refractivity contribution in [1.82, 2.24) is 4.90 Å². The lowest BCUT2D eigenvalue weighted by Crippen LogP contribution is -2.43. The van der Waals surface area contributed by atoms with E-state index in [9.17, 15) is 4.79 Å². The van der Waals surface area contributed by atoms with Gasteiger partial charge in [-0.25, -0.2) is 0 Å². The van der Waals surface area contributed by atoms with E-state index in [0.717, 1.165) is 31.7 Å². The standard InChI is InChI=1S/C12H21NO2S/c1-15-10-3-2-6-13(8-10)11(14)7-12(9-16)4-5-12/h10,16H,2-9H2,1H3. The monoisotopic (exact) mass is 243 g/mol. The number of rotatable bonds is 4. The van der Waals surface area contributed by atoms with Crippen LogP contribution in [0.2, 0.25) is 0 Å². The van der Waals surface area contributed by atoms with Crippen LogP contribution in [0.5, 0.6) is 0 Å². The predicted molar refractivity (Wildman–Crippen MR) is 66.7 cm³/mol. The second-order valence-electron chi connectivity index (χ2n) is 5.17. The summed E-state index contributed by atoms with van der Waals surface area (Å²) in [6.45, 7) is 1.68. The van der Waals surface area contributed by atoms with Crippen LogP contribution in [0, 0.1) is 5.41 Å². The topological polar surface area (TPSA) is 29.5 Å². The number of piperidine rings is 1. The van der Waals surface area contributed by atoms with Gasteiger partial charge in [-0.3, -0.25) is 4.79 Å². The van der Waals surface area contributed by atoms with Gasteiger partial charge in [-0.15, -0.1) is 0 Å². The van der Waals surface area contributed by atoms with E-state index in [1.165, 1.54) is 12.8 Å². The molecule has 1 saturated carbocycles. The van der Waals surface area contributed by atoms with Crippen molar-refractivity contribution in [2.45, 2.75) is 38.2 Å². The minimum atomic E-state index is 0.236. The number of carbonyl (C=O) groups is 1. The Hall–Kier alpha value is -0.220. The summed E-state index contributed by atoms with van der Waals surface area (Å²) in [5.41, 5.74) is 0.236. The lowest BCUT2D eigenvalue weighted by Gasteiger charge is -2.32. The van der Waals surface area contributed by atoms with Crippen molar-refractivity contribution in [3.63, 3.8) is 0 Å². The zero-order chi connectivity index (χ0) is 11.6. The van der Waals surface area contributed by atoms with Crippen LogP contribution in [0.1, 0.15) is 32.1 Å². The second kappa shape index (κ2) is 4.96. The molecule has 0 N–H and O–H groups in total. The first-order valence-corrected chi connectivity index (χ1v) is 6.74. The molecule has 0 aromatic heterocycles. The molecule has 16 heavy (non-hydrogen) atoms. The Balaban J connectivity index is 1.84. The number of hydrogen-bond acceptors (Lipinski definition) is 3. The summed E-state index contributed by atoms with van der Waals surface area (Å²) < 4.78 is 5.33. The molecule has 1 saturated heterocycles. The van der Waals surface area contributed by atoms with E-state index in [4.69, 9.17) is 4.74 Å². The van der Waals surface area contributed by atoms with Crippen molar-refractivity contribution in [1.29, 1.82) is 0 Å². The summed E-state index contributed by atoms with van der Waals surface area (Å²) in [5.74, 6) is 1.15. The first-order chi connectivity index (χ1) is 7.69. The molecular formula is C12H21NO2S. The normalized spacial score (nSPS) is 27.9. The van der Waals surface area contributed by atoms with E-state index in [1.54, 1.807) is 7.11 Å². The van der Waals surface area contributed by atoms with Gasteiger partial charge in [0.25, 0.3) is 0 Å². The summed E-state index contributed by atoms with van der Waals surface area (Å²) in [7, 11) is 1.73. The first-order valence-electron chi connectivity index (χ1n) is 6.10. The van der Waals surface area contributed by atoms with Gasteiger partial charge in [0, 0.05) is 26.6 Å². The maximum absolute atomic E-state index is 12.1. The largest absolute Gasteiger partial charge is 0.380 e. The molecule has 1 unspecified atom stereocenters. The molecule has 0 aromatic rings. The molecule has 0 spiro atoms. The Bertz CT molecular complexity index is 266. The zero-order valence-corrected chi connectivity index (χ0v) is 10.8. The van der Waals surface area contributed by atoms with Crippen molar-refractivity contribution in [3.8, 4) is 0 Å². The summed E-state index contributed by atoms with van der Waals surface area (Å²) >= 11 is 4.34. The third-order valence-corrected chi connectivity index (χ3v) is 4.55. The minimum Gasteiger partial charge on any atom is -0.380 e. The summed E-state index contributed by atoms with van der Waals surface area (Å²) in [5, 5.41) is 0. The lowest BCUT2D eigenvalue weighted by molar-refractivity contribution is -0.135. The van der Waals surface area contributed by atoms with Gasteiger partial charge in [-0.1, -0.05) is 0 Å². The number of ether oxygens (including phenoxy) is 1. The maximum Gasteiger partial charge on any atom is 0.223 e. The number of hydrogen-bond donors (Lipinski definition) is 1. The van der Waals surface area contributed by atoms with Crippen LogP contribution in [-0.2, 0) is 9.53 Å². The number of thiol groups is 1. The Labute approximate surface area is 103 Å². The van der Waals surface area contributed by atoms with Crippen LogP contribution in [0.3, 0.4) is 0 Å². The summed E-state index contributed by atoms with van der Waals surface area (Å²) in [4.78, 5) is 14.1. The molecule has 1 atom stereocenters. The van der Waals surface area contributed by atoms with Gasteiger partial charge in [0.2, 0.25) is 5.91 Å². The average Bonchev–Trinajstić information content (AvgIpc) is 3.09. The Kier molecular flexibility index (Phi) is 3.80. The van der Waals surface area contributed by atoms with E-state index < -0.39 is 0 Å². The van der Waals surface area contributed by atoms with Crippen molar-refractivity contribution in [3.05, 3.63) is 0 Å². The average molecular weight is 243 g/mol. The molecule has 2 fully saturated rings. The molecule has 1 aliphatic carbocycles. The van der Waals surface area contributed by atoms with Crippen LogP contribution < -0.4 is 0 Å².